The second-order valence-electron chi connectivity index (χ2n) is 3.01. The lowest BCUT2D eigenvalue weighted by atomic mass is 9.99. The van der Waals surface area contributed by atoms with Gasteiger partial charge in [-0.3, -0.25) is 4.79 Å². The van der Waals surface area contributed by atoms with Crippen molar-refractivity contribution in [3.8, 4) is 0 Å². The molecule has 1 unspecified atom stereocenters. The lowest BCUT2D eigenvalue weighted by Crippen LogP contribution is -2.26. The van der Waals surface area contributed by atoms with Crippen LogP contribution in [0.25, 0.3) is 0 Å². The lowest BCUT2D eigenvalue weighted by molar-refractivity contribution is 0.539. The maximum Gasteiger partial charge on any atom is 0.222 e. The highest BCUT2D eigenvalue weighted by Gasteiger charge is 2.16. The molecule has 0 amide bonds. The molecule has 1 radical (unpaired) electrons. The summed E-state index contributed by atoms with van der Waals surface area (Å²) in [6, 6.07) is 7.96. The monoisotopic (exact) mass is 160 g/mol. The van der Waals surface area contributed by atoms with E-state index in [1.807, 2.05) is 24.5 Å². The number of fused-ring (bicyclic) bond motifs is 1. The molecule has 1 aromatic carbocycles. The quantitative estimate of drug-likeness (QED) is 0.675. The zero-order chi connectivity index (χ0) is 8.39. The van der Waals surface area contributed by atoms with Crippen LogP contribution in [0.2, 0.25) is 0 Å². The number of aryl methyl sites for hydroxylation is 1. The first kappa shape index (κ1) is 7.35. The maximum atomic E-state index is 10.4. The molecule has 0 spiro atoms. The van der Waals surface area contributed by atoms with Crippen LogP contribution in [0.5, 0.6) is 0 Å². The summed E-state index contributed by atoms with van der Waals surface area (Å²) < 4.78 is 0. The van der Waals surface area contributed by atoms with E-state index in [9.17, 15) is 4.79 Å². The van der Waals surface area contributed by atoms with Crippen molar-refractivity contribution in [2.45, 2.75) is 18.9 Å². The van der Waals surface area contributed by atoms with E-state index in [4.69, 9.17) is 0 Å². The molecule has 1 aliphatic rings. The van der Waals surface area contributed by atoms with Crippen molar-refractivity contribution in [3.63, 3.8) is 0 Å². The van der Waals surface area contributed by atoms with Crippen molar-refractivity contribution in [1.82, 2.24) is 0 Å². The molecule has 1 aromatic rings. The zero-order valence-electron chi connectivity index (χ0n) is 6.71. The van der Waals surface area contributed by atoms with E-state index in [-0.39, 0.29) is 6.04 Å². The molecule has 0 bridgehead atoms. The van der Waals surface area contributed by atoms with Crippen LogP contribution in [0, 0.1) is 0 Å². The van der Waals surface area contributed by atoms with Gasteiger partial charge < -0.3 is 5.32 Å². The Hall–Kier alpha value is -1.31. The molecule has 12 heavy (non-hydrogen) atoms. The van der Waals surface area contributed by atoms with Gasteiger partial charge in [-0.1, -0.05) is 18.2 Å². The highest BCUT2D eigenvalue weighted by molar-refractivity contribution is 5.68. The third-order valence-electron chi connectivity index (χ3n) is 2.19. The average Bonchev–Trinajstić information content (AvgIpc) is 2.17. The fourth-order valence-corrected chi connectivity index (χ4v) is 1.53. The first-order chi connectivity index (χ1) is 5.90. The fraction of sp³-hybridized carbons (Fsp3) is 0.300. The van der Waals surface area contributed by atoms with Crippen LogP contribution in [-0.4, -0.2) is 12.3 Å². The second kappa shape index (κ2) is 2.97. The molecule has 2 heteroatoms. The van der Waals surface area contributed by atoms with E-state index in [2.05, 4.69) is 11.4 Å². The first-order valence-electron chi connectivity index (χ1n) is 4.12. The van der Waals surface area contributed by atoms with Gasteiger partial charge in [-0.15, -0.1) is 0 Å². The Balaban J connectivity index is 2.28. The fourth-order valence-electron chi connectivity index (χ4n) is 1.53. The van der Waals surface area contributed by atoms with Crippen LogP contribution in [-0.2, 0) is 11.2 Å². The van der Waals surface area contributed by atoms with Crippen molar-refractivity contribution in [1.29, 1.82) is 0 Å². The van der Waals surface area contributed by atoms with Crippen LogP contribution >= 0.6 is 0 Å². The predicted octanol–water partition coefficient (Wildman–Crippen LogP) is 1.52. The highest BCUT2D eigenvalue weighted by Crippen LogP contribution is 2.23. The van der Waals surface area contributed by atoms with Crippen LogP contribution in [0.4, 0.5) is 5.69 Å². The number of hydrogen-bond acceptors (Lipinski definition) is 2. The lowest BCUT2D eigenvalue weighted by Gasteiger charge is -2.21. The van der Waals surface area contributed by atoms with E-state index in [0.717, 1.165) is 18.5 Å². The van der Waals surface area contributed by atoms with Crippen LogP contribution < -0.4 is 5.32 Å². The Labute approximate surface area is 71.6 Å². The van der Waals surface area contributed by atoms with Gasteiger partial charge in [-0.25, -0.2) is 0 Å². The average molecular weight is 160 g/mol. The Bertz CT molecular complexity index is 296. The van der Waals surface area contributed by atoms with Gasteiger partial charge in [0, 0.05) is 5.69 Å². The molecule has 1 heterocycles. The molecule has 2 nitrogen and oxygen atoms in total. The molecule has 2 rings (SSSR count). The Kier molecular flexibility index (Phi) is 1.82. The van der Waals surface area contributed by atoms with E-state index in [1.54, 1.807) is 0 Å². The molecule has 1 atom stereocenters. The molecule has 61 valence electrons. The topological polar surface area (TPSA) is 29.1 Å². The van der Waals surface area contributed by atoms with Crippen molar-refractivity contribution < 1.29 is 4.79 Å². The Morgan fingerprint density at radius 3 is 3.08 bits per heavy atom. The number of para-hydroxylation sites is 1. The van der Waals surface area contributed by atoms with Crippen LogP contribution in [0.1, 0.15) is 12.0 Å². The number of anilines is 1. The van der Waals surface area contributed by atoms with Gasteiger partial charge in [0.1, 0.15) is 0 Å². The van der Waals surface area contributed by atoms with E-state index >= 15 is 0 Å². The SMILES string of the molecule is O=[C]C1CCc2ccccc2N1. The Morgan fingerprint density at radius 2 is 2.25 bits per heavy atom. The van der Waals surface area contributed by atoms with Crippen molar-refractivity contribution >= 4 is 12.0 Å². The van der Waals surface area contributed by atoms with Gasteiger partial charge in [0.2, 0.25) is 6.29 Å². The molecular weight excluding hydrogens is 150 g/mol. The number of nitrogens with one attached hydrogen (secondary N) is 1. The van der Waals surface area contributed by atoms with Crippen LogP contribution in [0.15, 0.2) is 24.3 Å². The van der Waals surface area contributed by atoms with E-state index < -0.39 is 0 Å². The minimum atomic E-state index is -0.111. The summed E-state index contributed by atoms with van der Waals surface area (Å²) in [5.74, 6) is 0. The van der Waals surface area contributed by atoms with E-state index in [1.165, 1.54) is 5.56 Å². The summed E-state index contributed by atoms with van der Waals surface area (Å²) >= 11 is 0. The third kappa shape index (κ3) is 1.20. The van der Waals surface area contributed by atoms with E-state index in [0.29, 0.717) is 0 Å². The largest absolute Gasteiger partial charge is 0.375 e. The normalized spacial score (nSPS) is 20.8. The van der Waals surface area contributed by atoms with Gasteiger partial charge in [0.05, 0.1) is 6.04 Å². The molecular formula is C10H10NO. The highest BCUT2D eigenvalue weighted by atomic mass is 16.1. The second-order valence-corrected chi connectivity index (χ2v) is 3.01. The standard InChI is InChI=1S/C10H10NO/c12-7-9-6-5-8-3-1-2-4-10(8)11-9/h1-4,9,11H,5-6H2. The smallest absolute Gasteiger partial charge is 0.222 e. The predicted molar refractivity (Wildman–Crippen MR) is 47.9 cm³/mol. The molecule has 0 fully saturated rings. The van der Waals surface area contributed by atoms with Gasteiger partial charge in [0.25, 0.3) is 0 Å². The molecule has 0 aromatic heterocycles. The molecule has 1 aliphatic heterocycles. The molecule has 0 saturated carbocycles. The number of rotatable bonds is 1. The summed E-state index contributed by atoms with van der Waals surface area (Å²) in [5.41, 5.74) is 2.38. The van der Waals surface area contributed by atoms with Crippen molar-refractivity contribution in [3.05, 3.63) is 29.8 Å². The molecule has 0 saturated heterocycles. The summed E-state index contributed by atoms with van der Waals surface area (Å²) in [6.45, 7) is 0. The minimum Gasteiger partial charge on any atom is -0.375 e. The van der Waals surface area contributed by atoms with Crippen molar-refractivity contribution in [2.75, 3.05) is 5.32 Å². The van der Waals surface area contributed by atoms with Gasteiger partial charge in [0.15, 0.2) is 0 Å². The maximum absolute atomic E-state index is 10.4. The van der Waals surface area contributed by atoms with Gasteiger partial charge in [-0.05, 0) is 24.5 Å². The summed E-state index contributed by atoms with van der Waals surface area (Å²) in [4.78, 5) is 10.4. The first-order valence-corrected chi connectivity index (χ1v) is 4.12. The van der Waals surface area contributed by atoms with Gasteiger partial charge >= 0.3 is 0 Å². The van der Waals surface area contributed by atoms with Crippen molar-refractivity contribution in [2.24, 2.45) is 0 Å². The van der Waals surface area contributed by atoms with Crippen LogP contribution in [0.3, 0.4) is 0 Å². The third-order valence-corrected chi connectivity index (χ3v) is 2.19. The summed E-state index contributed by atoms with van der Waals surface area (Å²) in [6.07, 6.45) is 3.82. The van der Waals surface area contributed by atoms with Gasteiger partial charge in [-0.2, -0.15) is 0 Å². The molecule has 0 aliphatic carbocycles. The minimum absolute atomic E-state index is 0.111. The summed E-state index contributed by atoms with van der Waals surface area (Å²) in [7, 11) is 0. The Morgan fingerprint density at radius 1 is 1.42 bits per heavy atom. The summed E-state index contributed by atoms with van der Waals surface area (Å²) in [5, 5.41) is 3.12. The number of benzene rings is 1. The number of hydrogen-bond donors (Lipinski definition) is 1. The molecule has 1 N–H and O–H groups in total. The number of carbonyl (C=O) groups excluding carboxylic acids is 1. The zero-order valence-corrected chi connectivity index (χ0v) is 6.71.